The van der Waals surface area contributed by atoms with E-state index in [0.717, 1.165) is 89.9 Å². The first-order chi connectivity index (χ1) is 30.6. The molecular formula is C45H80O17P2. The fourth-order valence-corrected chi connectivity index (χ4v) is 8.84. The van der Waals surface area contributed by atoms with Gasteiger partial charge in [0.15, 0.2) is 6.10 Å². The van der Waals surface area contributed by atoms with Gasteiger partial charge in [-0.15, -0.1) is 0 Å². The lowest BCUT2D eigenvalue weighted by Crippen LogP contribution is -2.64. The summed E-state index contributed by atoms with van der Waals surface area (Å²) in [5.74, 6) is -1.24. The van der Waals surface area contributed by atoms with E-state index in [1.165, 1.54) is 38.5 Å². The van der Waals surface area contributed by atoms with Crippen LogP contribution in [0.25, 0.3) is 0 Å². The quantitative estimate of drug-likeness (QED) is 0.0103. The molecule has 64 heavy (non-hydrogen) atoms. The Kier molecular flexibility index (Phi) is 30.6. The fourth-order valence-electron chi connectivity index (χ4n) is 7.30. The van der Waals surface area contributed by atoms with Gasteiger partial charge in [0.25, 0.3) is 0 Å². The van der Waals surface area contributed by atoms with Gasteiger partial charge in [0.1, 0.15) is 43.2 Å². The van der Waals surface area contributed by atoms with E-state index in [4.69, 9.17) is 23.3 Å². The summed E-state index contributed by atoms with van der Waals surface area (Å²) in [6.45, 7) is 3.02. The van der Waals surface area contributed by atoms with Crippen molar-refractivity contribution in [3.05, 3.63) is 36.5 Å². The number of phosphoric acid groups is 2. The van der Waals surface area contributed by atoms with Crippen molar-refractivity contribution in [3.63, 3.8) is 0 Å². The predicted octanol–water partition coefficient (Wildman–Crippen LogP) is 7.72. The lowest BCUT2D eigenvalue weighted by Gasteiger charge is -2.43. The maximum absolute atomic E-state index is 13.0. The summed E-state index contributed by atoms with van der Waals surface area (Å²) in [4.78, 5) is 54.3. The lowest BCUT2D eigenvalue weighted by molar-refractivity contribution is -0.216. The van der Waals surface area contributed by atoms with Crippen LogP contribution in [-0.2, 0) is 46.5 Å². The summed E-state index contributed by atoms with van der Waals surface area (Å²) in [6, 6.07) is 0. The van der Waals surface area contributed by atoms with E-state index in [2.05, 4.69) is 54.8 Å². The maximum Gasteiger partial charge on any atom is 0.472 e. The molecule has 0 bridgehead atoms. The molecule has 0 aromatic heterocycles. The Labute approximate surface area is 380 Å². The number of ether oxygens (including phenoxy) is 3. The molecule has 1 heterocycles. The molecule has 2 fully saturated rings. The first-order valence-electron chi connectivity index (χ1n) is 23.7. The zero-order valence-corrected chi connectivity index (χ0v) is 39.9. The van der Waals surface area contributed by atoms with Crippen LogP contribution in [0.2, 0.25) is 0 Å². The van der Waals surface area contributed by atoms with Crippen LogP contribution < -0.4 is 0 Å². The van der Waals surface area contributed by atoms with Gasteiger partial charge >= 0.3 is 27.6 Å². The van der Waals surface area contributed by atoms with Crippen molar-refractivity contribution < 1.29 is 81.6 Å². The second-order valence-electron chi connectivity index (χ2n) is 16.9. The van der Waals surface area contributed by atoms with E-state index < -0.39 is 83.5 Å². The van der Waals surface area contributed by atoms with Gasteiger partial charge in [-0.25, -0.2) is 9.13 Å². The Bertz CT molecular complexity index is 1450. The standard InChI is InChI=1S/C45H80O17P2/c1-3-5-7-8-9-10-11-12-13-14-15-16-20-23-27-31-38(46)57-33-35(34-58-64(55,56)62-45-42(50)40(48)41(49)44(43(45)51)61-63(52,53)54)59-39(47)32-28-24-21-18-17-19-22-26-30-37-36(60-37)29-25-6-4-2/h9-10,12-13,22,26,35-37,40-45,48-51H,3-8,11,14-21,23-25,27-34H2,1-2H3,(H,55,56)(H2,52,53,54)/b10-9-,13-12-,26-22-/t35-,36?,37?,40?,41?,42?,43?,44-,45+/m1/s1. The molecule has 1 saturated heterocycles. The van der Waals surface area contributed by atoms with E-state index >= 15 is 0 Å². The average Bonchev–Trinajstić information content (AvgIpc) is 4.00. The summed E-state index contributed by atoms with van der Waals surface area (Å²) in [6.07, 6.45) is 21.3. The highest BCUT2D eigenvalue weighted by Gasteiger charge is 2.54. The number of rotatable bonds is 38. The minimum atomic E-state index is -5.37. The fraction of sp³-hybridized carbons (Fsp3) is 0.822. The topological polar surface area (TPSA) is 269 Å². The van der Waals surface area contributed by atoms with Crippen molar-refractivity contribution in [2.45, 2.75) is 223 Å². The molecule has 1 aliphatic carbocycles. The van der Waals surface area contributed by atoms with Gasteiger partial charge in [0, 0.05) is 12.8 Å². The third-order valence-electron chi connectivity index (χ3n) is 11.1. The second-order valence-corrected chi connectivity index (χ2v) is 19.5. The smallest absolute Gasteiger partial charge is 0.462 e. The summed E-state index contributed by atoms with van der Waals surface area (Å²) < 4.78 is 55.1. The number of unbranched alkanes of at least 4 members (excludes halogenated alkanes) is 15. The minimum absolute atomic E-state index is 0.0199. The Morgan fingerprint density at radius 2 is 1.09 bits per heavy atom. The van der Waals surface area contributed by atoms with Crippen LogP contribution in [0, 0.1) is 0 Å². The van der Waals surface area contributed by atoms with Crippen molar-refractivity contribution in [2.75, 3.05) is 13.2 Å². The van der Waals surface area contributed by atoms with Gasteiger partial charge in [-0.2, -0.15) is 0 Å². The molecule has 19 heteroatoms. The number of hydrogen-bond acceptors (Lipinski definition) is 14. The molecule has 0 aromatic carbocycles. The summed E-state index contributed by atoms with van der Waals surface area (Å²) in [5, 5.41) is 41.2. The molecule has 7 N–H and O–H groups in total. The Morgan fingerprint density at radius 1 is 0.578 bits per heavy atom. The first-order valence-corrected chi connectivity index (χ1v) is 26.7. The van der Waals surface area contributed by atoms with Gasteiger partial charge in [0.2, 0.25) is 0 Å². The van der Waals surface area contributed by atoms with Crippen molar-refractivity contribution in [1.82, 2.24) is 0 Å². The molecule has 372 valence electrons. The normalized spacial score (nSPS) is 25.3. The highest BCUT2D eigenvalue weighted by molar-refractivity contribution is 7.47. The molecule has 17 nitrogen and oxygen atoms in total. The molecule has 10 atom stereocenters. The summed E-state index contributed by atoms with van der Waals surface area (Å²) in [7, 11) is -10.7. The van der Waals surface area contributed by atoms with E-state index in [1.54, 1.807) is 0 Å². The van der Waals surface area contributed by atoms with E-state index in [1.807, 2.05) is 0 Å². The van der Waals surface area contributed by atoms with E-state index in [-0.39, 0.29) is 12.8 Å². The largest absolute Gasteiger partial charge is 0.472 e. The number of carbonyl (C=O) groups excluding carboxylic acids is 2. The van der Waals surface area contributed by atoms with Gasteiger partial charge < -0.3 is 49.3 Å². The van der Waals surface area contributed by atoms with Crippen LogP contribution in [0.1, 0.15) is 168 Å². The molecule has 0 amide bonds. The number of aliphatic hydroxyl groups is 4. The molecule has 1 aliphatic heterocycles. The number of allylic oxidation sites excluding steroid dienone is 5. The third-order valence-corrected chi connectivity index (χ3v) is 12.6. The minimum Gasteiger partial charge on any atom is -0.462 e. The molecule has 7 unspecified atom stereocenters. The van der Waals surface area contributed by atoms with Crippen molar-refractivity contribution >= 4 is 27.6 Å². The van der Waals surface area contributed by atoms with Crippen LogP contribution in [0.3, 0.4) is 0 Å². The maximum atomic E-state index is 13.0. The van der Waals surface area contributed by atoms with Crippen LogP contribution in [0.5, 0.6) is 0 Å². The van der Waals surface area contributed by atoms with Gasteiger partial charge in [-0.3, -0.25) is 23.2 Å². The monoisotopic (exact) mass is 954 g/mol. The second kappa shape index (κ2) is 33.6. The van der Waals surface area contributed by atoms with Crippen LogP contribution in [-0.4, -0.2) is 115 Å². The number of hydrogen-bond donors (Lipinski definition) is 7. The van der Waals surface area contributed by atoms with Crippen molar-refractivity contribution in [2.24, 2.45) is 0 Å². The molecule has 0 spiro atoms. The number of aliphatic hydroxyl groups excluding tert-OH is 4. The zero-order chi connectivity index (χ0) is 47.2. The van der Waals surface area contributed by atoms with Crippen LogP contribution >= 0.6 is 15.6 Å². The van der Waals surface area contributed by atoms with Crippen molar-refractivity contribution in [3.8, 4) is 0 Å². The SMILES string of the molecule is CCCCC/C=C\C/C=C\CCCCCCCC(=O)OC[C@H](COP(=O)(O)O[C@H]1C(O)C(O)C(O)[C@@H](OP(=O)(O)O)C1O)OC(=O)CCCCCCC/C=C\CC1OC1CCCCC. The number of esters is 2. The van der Waals surface area contributed by atoms with Crippen LogP contribution in [0.15, 0.2) is 36.5 Å². The zero-order valence-electron chi connectivity index (χ0n) is 38.2. The van der Waals surface area contributed by atoms with Crippen LogP contribution in [0.4, 0.5) is 0 Å². The molecule has 1 saturated carbocycles. The average molecular weight is 955 g/mol. The number of epoxide rings is 1. The Hall–Kier alpha value is -1.82. The van der Waals surface area contributed by atoms with Gasteiger partial charge in [0.05, 0.1) is 18.8 Å². The highest BCUT2D eigenvalue weighted by atomic mass is 31.2. The molecule has 0 aromatic rings. The summed E-state index contributed by atoms with van der Waals surface area (Å²) >= 11 is 0. The Morgan fingerprint density at radius 3 is 1.69 bits per heavy atom. The number of carbonyl (C=O) groups is 2. The molecule has 0 radical (unpaired) electrons. The lowest BCUT2D eigenvalue weighted by atomic mass is 9.85. The number of phosphoric ester groups is 2. The molecule has 2 aliphatic rings. The van der Waals surface area contributed by atoms with E-state index in [9.17, 15) is 53.8 Å². The van der Waals surface area contributed by atoms with Gasteiger partial charge in [-0.1, -0.05) is 121 Å². The van der Waals surface area contributed by atoms with Crippen molar-refractivity contribution in [1.29, 1.82) is 0 Å². The van der Waals surface area contributed by atoms with Gasteiger partial charge in [-0.05, 0) is 70.6 Å². The van der Waals surface area contributed by atoms with E-state index in [0.29, 0.717) is 25.0 Å². The predicted molar refractivity (Wildman–Crippen MR) is 241 cm³/mol. The summed E-state index contributed by atoms with van der Waals surface area (Å²) in [5.41, 5.74) is 0. The Balaban J connectivity index is 1.80. The molecule has 2 rings (SSSR count). The third kappa shape index (κ3) is 27.1. The first kappa shape index (κ1) is 58.3. The molecular weight excluding hydrogens is 874 g/mol. The highest BCUT2D eigenvalue weighted by Crippen LogP contribution is 2.49.